The monoisotopic (exact) mass is 345 g/mol. The number of benzene rings is 1. The van der Waals surface area contributed by atoms with E-state index in [0.717, 1.165) is 36.0 Å². The van der Waals surface area contributed by atoms with Gasteiger partial charge >= 0.3 is 0 Å². The Morgan fingerprint density at radius 1 is 1.43 bits per heavy atom. The van der Waals surface area contributed by atoms with Gasteiger partial charge < -0.3 is 4.90 Å². The van der Waals surface area contributed by atoms with E-state index in [1.54, 1.807) is 18.3 Å². The van der Waals surface area contributed by atoms with Gasteiger partial charge in [-0.05, 0) is 54.7 Å². The molecule has 0 spiro atoms. The number of carbonyl (C=O) groups excluding carboxylic acids is 1. The normalized spacial score (nSPS) is 13.9. The predicted molar refractivity (Wildman–Crippen MR) is 85.5 cm³/mol. The Morgan fingerprint density at radius 3 is 3.00 bits per heavy atom. The van der Waals surface area contributed by atoms with Gasteiger partial charge in [0.05, 0.1) is 5.69 Å². The molecule has 0 aliphatic carbocycles. The minimum absolute atomic E-state index is 0.0685. The van der Waals surface area contributed by atoms with Crippen molar-refractivity contribution in [1.29, 1.82) is 0 Å². The maximum absolute atomic E-state index is 12.7. The molecule has 0 radical (unpaired) electrons. The molecular weight excluding hydrogens is 330 g/mol. The van der Waals surface area contributed by atoms with Crippen molar-refractivity contribution in [3.63, 3.8) is 0 Å². The maximum Gasteiger partial charge on any atom is 0.278 e. The van der Waals surface area contributed by atoms with Crippen LogP contribution in [0.25, 0.3) is 0 Å². The van der Waals surface area contributed by atoms with Gasteiger partial charge in [-0.2, -0.15) is 5.10 Å². The summed E-state index contributed by atoms with van der Waals surface area (Å²) in [7, 11) is 0. The van der Waals surface area contributed by atoms with E-state index in [1.807, 2.05) is 4.90 Å². The summed E-state index contributed by atoms with van der Waals surface area (Å²) in [5, 5.41) is 7.76. The zero-order valence-corrected chi connectivity index (χ0v) is 13.4. The summed E-state index contributed by atoms with van der Waals surface area (Å²) in [6.45, 7) is 2.85. The van der Waals surface area contributed by atoms with E-state index in [9.17, 15) is 4.79 Å². The third-order valence-corrected chi connectivity index (χ3v) is 4.21. The zero-order chi connectivity index (χ0) is 14.8. The summed E-state index contributed by atoms with van der Waals surface area (Å²) in [4.78, 5) is 14.6. The lowest BCUT2D eigenvalue weighted by Crippen LogP contribution is -2.37. The average molecular weight is 346 g/mol. The fraction of sp³-hybridized carbons (Fsp3) is 0.312. The smallest absolute Gasteiger partial charge is 0.278 e. The molecule has 0 saturated heterocycles. The van der Waals surface area contributed by atoms with Gasteiger partial charge in [0, 0.05) is 17.2 Å². The molecule has 0 bridgehead atoms. The van der Waals surface area contributed by atoms with Crippen LogP contribution in [0.1, 0.15) is 35.0 Å². The van der Waals surface area contributed by atoms with Crippen LogP contribution in [0.4, 0.5) is 5.69 Å². The van der Waals surface area contributed by atoms with Crippen LogP contribution in [0.15, 0.2) is 34.9 Å². The fourth-order valence-electron chi connectivity index (χ4n) is 2.82. The highest BCUT2D eigenvalue weighted by atomic mass is 79.9. The lowest BCUT2D eigenvalue weighted by molar-refractivity contribution is 0.0979. The highest BCUT2D eigenvalue weighted by molar-refractivity contribution is 9.10. The molecule has 1 aromatic heterocycles. The summed E-state index contributed by atoms with van der Waals surface area (Å²) in [5.74, 6) is -0.0685. The fourth-order valence-corrected chi connectivity index (χ4v) is 3.37. The Balaban J connectivity index is 2.06. The molecule has 4 nitrogen and oxygen atoms in total. The number of hydrogen-bond donors (Lipinski definition) is 0. The lowest BCUT2D eigenvalue weighted by Gasteiger charge is -2.31. The Hall–Kier alpha value is -1.75. The van der Waals surface area contributed by atoms with Gasteiger partial charge in [-0.15, -0.1) is 5.10 Å². The van der Waals surface area contributed by atoms with Crippen molar-refractivity contribution in [1.82, 2.24) is 10.2 Å². The van der Waals surface area contributed by atoms with E-state index in [4.69, 9.17) is 0 Å². The Labute approximate surface area is 132 Å². The summed E-state index contributed by atoms with van der Waals surface area (Å²) in [6.07, 6.45) is 4.45. The van der Waals surface area contributed by atoms with Gasteiger partial charge in [0.2, 0.25) is 0 Å². The quantitative estimate of drug-likeness (QED) is 0.837. The Morgan fingerprint density at radius 2 is 2.29 bits per heavy atom. The summed E-state index contributed by atoms with van der Waals surface area (Å²) in [6, 6.07) is 7.67. The number of halogens is 1. The number of rotatable bonds is 2. The number of amides is 1. The summed E-state index contributed by atoms with van der Waals surface area (Å²) in [5.41, 5.74) is 3.87. The summed E-state index contributed by atoms with van der Waals surface area (Å²) < 4.78 is 1.08. The van der Waals surface area contributed by atoms with Crippen molar-refractivity contribution >= 4 is 27.5 Å². The number of aryl methyl sites for hydroxylation is 2. The van der Waals surface area contributed by atoms with Crippen LogP contribution >= 0.6 is 15.9 Å². The number of anilines is 1. The topological polar surface area (TPSA) is 46.1 Å². The van der Waals surface area contributed by atoms with E-state index in [-0.39, 0.29) is 5.91 Å². The van der Waals surface area contributed by atoms with E-state index in [1.165, 1.54) is 11.1 Å². The second-order valence-corrected chi connectivity index (χ2v) is 6.01. The molecule has 2 heterocycles. The van der Waals surface area contributed by atoms with Crippen LogP contribution in [-0.4, -0.2) is 22.6 Å². The van der Waals surface area contributed by atoms with Gasteiger partial charge in [0.25, 0.3) is 5.91 Å². The molecule has 1 aliphatic rings. The van der Waals surface area contributed by atoms with Crippen LogP contribution in [0.5, 0.6) is 0 Å². The van der Waals surface area contributed by atoms with E-state index in [2.05, 4.69) is 45.2 Å². The largest absolute Gasteiger partial charge is 0.306 e. The van der Waals surface area contributed by atoms with Crippen molar-refractivity contribution < 1.29 is 4.79 Å². The first-order chi connectivity index (χ1) is 10.2. The number of hydrogen-bond acceptors (Lipinski definition) is 3. The van der Waals surface area contributed by atoms with Gasteiger partial charge in [0.15, 0.2) is 5.69 Å². The van der Waals surface area contributed by atoms with Gasteiger partial charge in [-0.1, -0.05) is 22.9 Å². The van der Waals surface area contributed by atoms with Crippen molar-refractivity contribution in [3.05, 3.63) is 51.8 Å². The first-order valence-electron chi connectivity index (χ1n) is 7.11. The SMILES string of the molecule is CCc1cc(Br)cc2c1N(C(=O)c1cccnn1)CCC2. The van der Waals surface area contributed by atoms with Gasteiger partial charge in [-0.3, -0.25) is 4.79 Å². The molecule has 0 N–H and O–H groups in total. The minimum Gasteiger partial charge on any atom is -0.306 e. The molecule has 1 amide bonds. The van der Waals surface area contributed by atoms with Gasteiger partial charge in [0.1, 0.15) is 0 Å². The summed E-state index contributed by atoms with van der Waals surface area (Å²) >= 11 is 3.56. The molecule has 0 atom stereocenters. The van der Waals surface area contributed by atoms with Crippen molar-refractivity contribution in [3.8, 4) is 0 Å². The Bertz CT molecular complexity index is 655. The standard InChI is InChI=1S/C16H16BrN3O/c1-2-11-9-13(17)10-12-5-4-8-20(15(11)12)16(21)14-6-3-7-18-19-14/h3,6-7,9-10H,2,4-5,8H2,1H3. The lowest BCUT2D eigenvalue weighted by atomic mass is 9.96. The van der Waals surface area contributed by atoms with Crippen LogP contribution in [0.3, 0.4) is 0 Å². The maximum atomic E-state index is 12.7. The van der Waals surface area contributed by atoms with Crippen molar-refractivity contribution in [2.45, 2.75) is 26.2 Å². The van der Waals surface area contributed by atoms with Crippen LogP contribution in [-0.2, 0) is 12.8 Å². The number of fused-ring (bicyclic) bond motifs is 1. The first kappa shape index (κ1) is 14.2. The van der Waals surface area contributed by atoms with Crippen LogP contribution in [0, 0.1) is 0 Å². The molecule has 1 aliphatic heterocycles. The molecule has 2 aromatic rings. The Kier molecular flexibility index (Phi) is 4.01. The van der Waals surface area contributed by atoms with Crippen LogP contribution < -0.4 is 4.90 Å². The minimum atomic E-state index is -0.0685. The molecule has 0 fully saturated rings. The number of nitrogens with zero attached hydrogens (tertiary/aromatic N) is 3. The molecule has 1 aromatic carbocycles. The highest BCUT2D eigenvalue weighted by Gasteiger charge is 2.26. The molecule has 0 unspecified atom stereocenters. The van der Waals surface area contributed by atoms with E-state index in [0.29, 0.717) is 5.69 Å². The second-order valence-electron chi connectivity index (χ2n) is 5.10. The number of aromatic nitrogens is 2. The molecule has 3 rings (SSSR count). The molecular formula is C16H16BrN3O. The average Bonchev–Trinajstić information content (AvgIpc) is 2.53. The van der Waals surface area contributed by atoms with Crippen molar-refractivity contribution in [2.75, 3.05) is 11.4 Å². The van der Waals surface area contributed by atoms with Crippen LogP contribution in [0.2, 0.25) is 0 Å². The molecule has 0 saturated carbocycles. The first-order valence-corrected chi connectivity index (χ1v) is 7.91. The third-order valence-electron chi connectivity index (χ3n) is 3.75. The number of carbonyl (C=O) groups is 1. The van der Waals surface area contributed by atoms with Crippen molar-refractivity contribution in [2.24, 2.45) is 0 Å². The molecule has 108 valence electrons. The molecule has 5 heteroatoms. The highest BCUT2D eigenvalue weighted by Crippen LogP contribution is 2.35. The second kappa shape index (κ2) is 5.93. The zero-order valence-electron chi connectivity index (χ0n) is 11.8. The predicted octanol–water partition coefficient (Wildman–Crippen LogP) is 3.39. The van der Waals surface area contributed by atoms with E-state index < -0.39 is 0 Å². The molecule has 21 heavy (non-hydrogen) atoms. The van der Waals surface area contributed by atoms with Gasteiger partial charge in [-0.25, -0.2) is 0 Å². The van der Waals surface area contributed by atoms with E-state index >= 15 is 0 Å². The third kappa shape index (κ3) is 2.70.